The van der Waals surface area contributed by atoms with E-state index in [2.05, 4.69) is 0 Å². The van der Waals surface area contributed by atoms with Crippen LogP contribution in [-0.4, -0.2) is 17.8 Å². The van der Waals surface area contributed by atoms with Crippen molar-refractivity contribution in [3.63, 3.8) is 0 Å². The van der Waals surface area contributed by atoms with Crippen molar-refractivity contribution in [3.05, 3.63) is 23.8 Å². The van der Waals surface area contributed by atoms with Gasteiger partial charge in [-0.3, -0.25) is 0 Å². The molecule has 0 aliphatic heterocycles. The Labute approximate surface area is 109 Å². The first-order valence-corrected chi connectivity index (χ1v) is 10.4. The van der Waals surface area contributed by atoms with E-state index in [0.29, 0.717) is 13.2 Å². The van der Waals surface area contributed by atoms with Crippen molar-refractivity contribution in [2.75, 3.05) is 13.2 Å². The van der Waals surface area contributed by atoms with E-state index in [9.17, 15) is 0 Å². The maximum atomic E-state index is 5.87. The summed E-state index contributed by atoms with van der Waals surface area (Å²) in [4.78, 5) is 0. The van der Waals surface area contributed by atoms with Gasteiger partial charge in [-0.1, -0.05) is 0 Å². The molecule has 0 aromatic heterocycles. The molecule has 92 valence electrons. The molecule has 1 rings (SSSR count). The van der Waals surface area contributed by atoms with Gasteiger partial charge >= 0.3 is 109 Å². The molecule has 5 heteroatoms. The standard InChI is InChI=1S/C11H14O2.2ClH.Ru/c1-4-12-10-6-7-11(13-5-2)9(3)8-10;;;/h3,6-8H,4-5H2,1-2H3;2*1H;/q;;;+2/p-2. The monoisotopic (exact) mass is 350 g/mol. The molecule has 0 bridgehead atoms. The second-order valence-electron chi connectivity index (χ2n) is 2.87. The van der Waals surface area contributed by atoms with Gasteiger partial charge in [0.25, 0.3) is 0 Å². The molecule has 0 saturated heterocycles. The fourth-order valence-corrected chi connectivity index (χ4v) is 3.02. The van der Waals surface area contributed by atoms with E-state index in [-0.39, 0.29) is 0 Å². The molecule has 0 heterocycles. The van der Waals surface area contributed by atoms with Crippen molar-refractivity contribution < 1.29 is 23.0 Å². The quantitative estimate of drug-likeness (QED) is 0.756. The summed E-state index contributed by atoms with van der Waals surface area (Å²) in [6, 6.07) is 5.66. The van der Waals surface area contributed by atoms with Crippen molar-refractivity contribution in [3.8, 4) is 11.5 Å². The van der Waals surface area contributed by atoms with Crippen molar-refractivity contribution in [1.29, 1.82) is 0 Å². The average molecular weight is 350 g/mol. The molecule has 0 radical (unpaired) electrons. The summed E-state index contributed by atoms with van der Waals surface area (Å²) in [6.07, 6.45) is 0. The van der Waals surface area contributed by atoms with Crippen LogP contribution in [0.1, 0.15) is 19.4 Å². The second-order valence-corrected chi connectivity index (χ2v) is 8.60. The van der Waals surface area contributed by atoms with E-state index in [0.717, 1.165) is 17.1 Å². The SMILES string of the molecule is CCOc1ccc(OCC)c([CH]=[Ru]([Cl])[Cl])c1. The Hall–Kier alpha value is -0.107. The van der Waals surface area contributed by atoms with Gasteiger partial charge in [-0.2, -0.15) is 0 Å². The molecule has 2 nitrogen and oxygen atoms in total. The van der Waals surface area contributed by atoms with E-state index in [1.165, 1.54) is 0 Å². The Bertz CT molecular complexity index is 376. The van der Waals surface area contributed by atoms with Gasteiger partial charge in [-0.25, -0.2) is 0 Å². The molecule has 0 saturated carbocycles. The molecule has 0 aliphatic carbocycles. The minimum atomic E-state index is -1.85. The summed E-state index contributed by atoms with van der Waals surface area (Å²) in [7, 11) is 11.7. The van der Waals surface area contributed by atoms with Crippen molar-refractivity contribution in [1.82, 2.24) is 0 Å². The van der Waals surface area contributed by atoms with Gasteiger partial charge in [0.1, 0.15) is 0 Å². The van der Waals surface area contributed by atoms with Crippen LogP contribution >= 0.6 is 19.4 Å². The van der Waals surface area contributed by atoms with E-state index in [1.807, 2.05) is 36.7 Å². The predicted octanol–water partition coefficient (Wildman–Crippen LogP) is 3.56. The minimum absolute atomic E-state index is 0.617. The maximum absolute atomic E-state index is 5.87. The zero-order valence-electron chi connectivity index (χ0n) is 9.15. The van der Waals surface area contributed by atoms with E-state index >= 15 is 0 Å². The third-order valence-corrected chi connectivity index (χ3v) is 3.61. The van der Waals surface area contributed by atoms with Crippen LogP contribution < -0.4 is 9.47 Å². The van der Waals surface area contributed by atoms with Crippen LogP contribution in [0, 0.1) is 0 Å². The molecule has 0 unspecified atom stereocenters. The molecule has 0 atom stereocenters. The second kappa shape index (κ2) is 7.26. The molecule has 1 aromatic rings. The van der Waals surface area contributed by atoms with Gasteiger partial charge < -0.3 is 0 Å². The summed E-state index contributed by atoms with van der Waals surface area (Å²) in [5.41, 5.74) is 0.914. The van der Waals surface area contributed by atoms with Crippen LogP contribution in [0.15, 0.2) is 18.2 Å². The molecule has 1 aromatic carbocycles. The third-order valence-electron chi connectivity index (χ3n) is 1.78. The molecule has 16 heavy (non-hydrogen) atoms. The summed E-state index contributed by atoms with van der Waals surface area (Å²) in [6.45, 7) is 5.14. The van der Waals surface area contributed by atoms with Crippen LogP contribution in [0.3, 0.4) is 0 Å². The van der Waals surface area contributed by atoms with E-state index in [4.69, 9.17) is 28.9 Å². The van der Waals surface area contributed by atoms with E-state index in [1.54, 1.807) is 0 Å². The average Bonchev–Trinajstić information content (AvgIpc) is 2.22. The first kappa shape index (κ1) is 14.0. The van der Waals surface area contributed by atoms with Crippen LogP contribution in [-0.2, 0) is 13.5 Å². The third kappa shape index (κ3) is 4.41. The zero-order valence-corrected chi connectivity index (χ0v) is 12.4. The van der Waals surface area contributed by atoms with Crippen molar-refractivity contribution in [2.45, 2.75) is 13.8 Å². The zero-order chi connectivity index (χ0) is 12.0. The molecular weight excluding hydrogens is 336 g/mol. The Morgan fingerprint density at radius 2 is 1.88 bits per heavy atom. The number of benzene rings is 1. The molecule has 0 fully saturated rings. The molecule has 0 N–H and O–H groups in total. The molecule has 0 amide bonds. The van der Waals surface area contributed by atoms with Gasteiger partial charge in [0.05, 0.1) is 0 Å². The number of hydrogen-bond donors (Lipinski definition) is 0. The molecule has 0 spiro atoms. The Morgan fingerprint density at radius 1 is 1.19 bits per heavy atom. The number of halogens is 2. The summed E-state index contributed by atoms with van der Waals surface area (Å²) in [5, 5.41) is 0. The summed E-state index contributed by atoms with van der Waals surface area (Å²) in [5.74, 6) is 1.60. The van der Waals surface area contributed by atoms with Crippen LogP contribution in [0.2, 0.25) is 0 Å². The van der Waals surface area contributed by atoms with Gasteiger partial charge in [0, 0.05) is 0 Å². The summed E-state index contributed by atoms with van der Waals surface area (Å²) >= 11 is -1.85. The van der Waals surface area contributed by atoms with Gasteiger partial charge in [-0.15, -0.1) is 0 Å². The van der Waals surface area contributed by atoms with Crippen LogP contribution in [0.5, 0.6) is 11.5 Å². The molecule has 0 aliphatic rings. The first-order valence-electron chi connectivity index (χ1n) is 4.90. The van der Waals surface area contributed by atoms with Gasteiger partial charge in [0.2, 0.25) is 0 Å². The van der Waals surface area contributed by atoms with Crippen LogP contribution in [0.25, 0.3) is 0 Å². The number of rotatable bonds is 5. The van der Waals surface area contributed by atoms with Gasteiger partial charge in [-0.05, 0) is 0 Å². The number of ether oxygens (including phenoxy) is 2. The van der Waals surface area contributed by atoms with Crippen molar-refractivity contribution in [2.24, 2.45) is 0 Å². The summed E-state index contributed by atoms with van der Waals surface area (Å²) < 4.78 is 12.8. The Balaban J connectivity index is 3.05. The first-order chi connectivity index (χ1) is 7.67. The van der Waals surface area contributed by atoms with Crippen LogP contribution in [0.4, 0.5) is 0 Å². The topological polar surface area (TPSA) is 18.5 Å². The normalized spacial score (nSPS) is 10.9. The van der Waals surface area contributed by atoms with E-state index < -0.39 is 13.5 Å². The fraction of sp³-hybridized carbons (Fsp3) is 0.364. The fourth-order valence-electron chi connectivity index (χ4n) is 1.23. The van der Waals surface area contributed by atoms with Gasteiger partial charge in [0.15, 0.2) is 0 Å². The Morgan fingerprint density at radius 3 is 2.44 bits per heavy atom. The van der Waals surface area contributed by atoms with Crippen molar-refractivity contribution >= 4 is 24.0 Å². The predicted molar refractivity (Wildman–Crippen MR) is 65.7 cm³/mol. The number of hydrogen-bond acceptors (Lipinski definition) is 2. The Kier molecular flexibility index (Phi) is 6.34. The molecular formula is C11H14Cl2O2Ru.